The second-order valence-electron chi connectivity index (χ2n) is 9.13. The number of fused-ring (bicyclic) bond motifs is 1. The molecule has 0 aliphatic carbocycles. The second kappa shape index (κ2) is 7.65. The first-order chi connectivity index (χ1) is 16.4. The van der Waals surface area contributed by atoms with Crippen molar-refractivity contribution in [2.75, 3.05) is 7.05 Å². The van der Waals surface area contributed by atoms with Crippen LogP contribution < -0.4 is 5.73 Å². The first-order valence-corrected chi connectivity index (χ1v) is 11.0. The summed E-state index contributed by atoms with van der Waals surface area (Å²) in [6.45, 7) is 0.678. The van der Waals surface area contributed by atoms with Crippen LogP contribution in [0, 0.1) is 0 Å². The van der Waals surface area contributed by atoms with Crippen LogP contribution in [0.4, 0.5) is 0 Å². The third kappa shape index (κ3) is 3.10. The van der Waals surface area contributed by atoms with Crippen LogP contribution in [0.5, 0.6) is 0 Å². The van der Waals surface area contributed by atoms with E-state index in [1.165, 1.54) is 13.1 Å². The van der Waals surface area contributed by atoms with E-state index in [0.717, 1.165) is 35.4 Å². The van der Waals surface area contributed by atoms with Gasteiger partial charge in [-0.3, -0.25) is 9.59 Å². The van der Waals surface area contributed by atoms with Crippen molar-refractivity contribution in [3.05, 3.63) is 47.6 Å². The van der Waals surface area contributed by atoms with Crippen LogP contribution in [-0.4, -0.2) is 80.3 Å². The molecule has 1 aromatic carbocycles. The lowest BCUT2D eigenvalue weighted by Gasteiger charge is -2.44. The molecule has 0 bridgehead atoms. The maximum atomic E-state index is 12.9. The smallest absolute Gasteiger partial charge is 0.284 e. The number of nitrogens with zero attached hydrogens (tertiary/aromatic N) is 4. The Bertz CT molecular complexity index is 1370. The zero-order chi connectivity index (χ0) is 25.3. The van der Waals surface area contributed by atoms with Gasteiger partial charge in [0.15, 0.2) is 17.2 Å². The van der Waals surface area contributed by atoms with Crippen LogP contribution in [0.15, 0.2) is 34.9 Å². The number of nitrogens with two attached hydrogens (primary N) is 1. The summed E-state index contributed by atoms with van der Waals surface area (Å²) in [5, 5.41) is 10.9. The molecule has 3 aromatic rings. The summed E-state index contributed by atoms with van der Waals surface area (Å²) in [5.74, 6) is -1.58. The highest BCUT2D eigenvalue weighted by Crippen LogP contribution is 2.55. The number of rotatable bonds is 4. The SMILES string of the molecule is [B]C1([B])N(C)C(=O)C(O)(c2cc(-c3cccc(-c4nc(C(N)=O)n5c4CCCC5)c3)no2)C1([B])[B]. The number of carbonyl (C=O) groups excluding carboxylic acids is 2. The van der Waals surface area contributed by atoms with E-state index in [1.807, 2.05) is 16.7 Å². The Kier molecular flexibility index (Phi) is 5.14. The fraction of sp³-hybridized carbons (Fsp3) is 0.364. The highest BCUT2D eigenvalue weighted by Gasteiger charge is 2.67. The Morgan fingerprint density at radius 2 is 1.89 bits per heavy atom. The molecule has 2 aromatic heterocycles. The van der Waals surface area contributed by atoms with Crippen molar-refractivity contribution in [1.82, 2.24) is 19.6 Å². The lowest BCUT2D eigenvalue weighted by molar-refractivity contribution is -0.145. The summed E-state index contributed by atoms with van der Waals surface area (Å²) < 4.78 is 7.19. The van der Waals surface area contributed by atoms with Crippen molar-refractivity contribution in [3.63, 3.8) is 0 Å². The molecule has 2 aliphatic rings. The quantitative estimate of drug-likeness (QED) is 0.517. The average Bonchev–Trinajstić information content (AvgIpc) is 3.50. The molecule has 0 saturated carbocycles. The number of likely N-dealkylation sites (N-methyl/N-ethyl adjacent to an activating group) is 1. The van der Waals surface area contributed by atoms with Gasteiger partial charge in [-0.25, -0.2) is 4.98 Å². The van der Waals surface area contributed by atoms with E-state index in [-0.39, 0.29) is 11.6 Å². The van der Waals surface area contributed by atoms with Crippen molar-refractivity contribution >= 4 is 43.2 Å². The van der Waals surface area contributed by atoms with E-state index in [1.54, 1.807) is 12.1 Å². The predicted octanol–water partition coefficient (Wildman–Crippen LogP) is -0.256. The van der Waals surface area contributed by atoms with E-state index < -0.39 is 28.0 Å². The van der Waals surface area contributed by atoms with Gasteiger partial charge in [0.25, 0.3) is 11.8 Å². The van der Waals surface area contributed by atoms with E-state index in [0.29, 0.717) is 23.5 Å². The molecule has 8 radical (unpaired) electrons. The Balaban J connectivity index is 1.56. The first kappa shape index (κ1) is 23.5. The fourth-order valence-corrected chi connectivity index (χ4v) is 4.83. The Labute approximate surface area is 207 Å². The van der Waals surface area contributed by atoms with Gasteiger partial charge in [-0.05, 0) is 35.9 Å². The minimum atomic E-state index is -2.55. The summed E-state index contributed by atoms with van der Waals surface area (Å²) in [4.78, 5) is 30.2. The van der Waals surface area contributed by atoms with Crippen molar-refractivity contribution in [1.29, 1.82) is 0 Å². The number of hydrogen-bond donors (Lipinski definition) is 2. The van der Waals surface area contributed by atoms with Crippen LogP contribution in [-0.2, 0) is 23.4 Å². The lowest BCUT2D eigenvalue weighted by atomic mass is 9.31. The summed E-state index contributed by atoms with van der Waals surface area (Å²) in [5.41, 5.74) is 6.25. The van der Waals surface area contributed by atoms with Gasteiger partial charge in [0.2, 0.25) is 0 Å². The van der Waals surface area contributed by atoms with E-state index in [9.17, 15) is 14.7 Å². The van der Waals surface area contributed by atoms with Gasteiger partial charge in [0, 0.05) is 36.5 Å². The predicted molar refractivity (Wildman–Crippen MR) is 130 cm³/mol. The fourth-order valence-electron chi connectivity index (χ4n) is 4.83. The Morgan fingerprint density at radius 1 is 1.17 bits per heavy atom. The summed E-state index contributed by atoms with van der Waals surface area (Å²) in [6, 6.07) is 8.59. The monoisotopic (exact) mass is 461 g/mol. The van der Waals surface area contributed by atoms with Gasteiger partial charge in [0.05, 0.1) is 37.1 Å². The third-order valence-electron chi connectivity index (χ3n) is 7.07. The summed E-state index contributed by atoms with van der Waals surface area (Å²) in [6.07, 6.45) is 2.69. The van der Waals surface area contributed by atoms with Crippen molar-refractivity contribution in [2.24, 2.45) is 5.73 Å². The second-order valence-corrected chi connectivity index (χ2v) is 9.13. The minimum absolute atomic E-state index is 0.226. The standard InChI is InChI=1S/C22H19B4N5O4/c1-30-19(33)20(34,21(23,24)22(30,25)26)15-10-13(29-35-15)11-5-4-6-12(9-11)16-14-7-2-3-8-31(14)18(28-16)17(27)32/h4-6,9-10,34H,2-3,7-8H2,1H3,(H2,27,32). The summed E-state index contributed by atoms with van der Waals surface area (Å²) in [7, 11) is 25.3. The largest absolute Gasteiger partial charge is 0.374 e. The normalized spacial score (nSPS) is 22.8. The highest BCUT2D eigenvalue weighted by molar-refractivity contribution is 6.57. The number of imidazole rings is 1. The average molecular weight is 461 g/mol. The van der Waals surface area contributed by atoms with Crippen LogP contribution in [0.3, 0.4) is 0 Å². The van der Waals surface area contributed by atoms with Crippen LogP contribution in [0.25, 0.3) is 22.5 Å². The molecule has 0 spiro atoms. The third-order valence-corrected chi connectivity index (χ3v) is 7.07. The van der Waals surface area contributed by atoms with Crippen molar-refractivity contribution in [3.8, 4) is 22.5 Å². The number of likely N-dealkylation sites (tertiary alicyclic amines) is 1. The van der Waals surface area contributed by atoms with Gasteiger partial charge < -0.3 is 24.8 Å². The zero-order valence-corrected chi connectivity index (χ0v) is 19.1. The number of primary amides is 1. The summed E-state index contributed by atoms with van der Waals surface area (Å²) >= 11 is 0. The molecule has 168 valence electrons. The molecule has 1 atom stereocenters. The number of carbonyl (C=O) groups is 2. The molecule has 13 heteroatoms. The van der Waals surface area contributed by atoms with Crippen molar-refractivity contribution in [2.45, 2.75) is 42.0 Å². The molecule has 2 amide bonds. The molecule has 1 unspecified atom stereocenters. The van der Waals surface area contributed by atoms with Crippen LogP contribution in [0.2, 0.25) is 5.21 Å². The molecule has 9 nitrogen and oxygen atoms in total. The van der Waals surface area contributed by atoms with E-state index in [4.69, 9.17) is 41.6 Å². The molecular weight excluding hydrogens is 442 g/mol. The highest BCUT2D eigenvalue weighted by atomic mass is 16.5. The van der Waals surface area contributed by atoms with Gasteiger partial charge in [-0.1, -0.05) is 23.4 Å². The van der Waals surface area contributed by atoms with Gasteiger partial charge >= 0.3 is 0 Å². The molecular formula is C22H19B4N5O4. The molecule has 2 aliphatic heterocycles. The lowest BCUT2D eigenvalue weighted by Crippen LogP contribution is -2.54. The molecule has 4 heterocycles. The Hall–Kier alpha value is -3.20. The molecule has 5 rings (SSSR count). The molecule has 1 fully saturated rings. The minimum Gasteiger partial charge on any atom is -0.374 e. The number of aliphatic hydroxyl groups is 1. The maximum absolute atomic E-state index is 12.9. The topological polar surface area (TPSA) is 127 Å². The van der Waals surface area contributed by atoms with Gasteiger partial charge in [-0.2, -0.15) is 0 Å². The van der Waals surface area contributed by atoms with Gasteiger partial charge in [-0.15, -0.1) is 0 Å². The number of aromatic nitrogens is 3. The molecule has 1 saturated heterocycles. The zero-order valence-electron chi connectivity index (χ0n) is 19.1. The number of amides is 2. The van der Waals surface area contributed by atoms with Crippen LogP contribution >= 0.6 is 0 Å². The van der Waals surface area contributed by atoms with E-state index >= 15 is 0 Å². The molecule has 3 N–H and O–H groups in total. The van der Waals surface area contributed by atoms with Crippen molar-refractivity contribution < 1.29 is 19.2 Å². The first-order valence-electron chi connectivity index (χ1n) is 11.0. The molecule has 35 heavy (non-hydrogen) atoms. The Morgan fingerprint density at radius 3 is 2.54 bits per heavy atom. The van der Waals surface area contributed by atoms with E-state index in [2.05, 4.69) is 10.1 Å². The van der Waals surface area contributed by atoms with Gasteiger partial charge in [0.1, 0.15) is 5.69 Å². The number of hydrogen-bond acceptors (Lipinski definition) is 6. The van der Waals surface area contributed by atoms with Crippen LogP contribution in [0.1, 0.15) is 34.9 Å². The number of benzene rings is 1. The maximum Gasteiger partial charge on any atom is 0.284 e.